The molecular formula is C13H12ClNO2. The summed E-state index contributed by atoms with van der Waals surface area (Å²) in [5, 5.41) is 0. The van der Waals surface area contributed by atoms with Crippen LogP contribution in [0.15, 0.2) is 18.2 Å². The highest BCUT2D eigenvalue weighted by molar-refractivity contribution is 6.30. The van der Waals surface area contributed by atoms with Gasteiger partial charge in [0.15, 0.2) is 5.78 Å². The molecule has 2 bridgehead atoms. The van der Waals surface area contributed by atoms with Gasteiger partial charge < -0.3 is 4.90 Å². The Kier molecular flexibility index (Phi) is 2.44. The lowest BCUT2D eigenvalue weighted by atomic mass is 9.81. The summed E-state index contributed by atoms with van der Waals surface area (Å²) in [7, 11) is 0. The second kappa shape index (κ2) is 3.84. The fraction of sp³-hybridized carbons (Fsp3) is 0.385. The number of halogens is 1. The van der Waals surface area contributed by atoms with Gasteiger partial charge in [-0.3, -0.25) is 9.59 Å². The van der Waals surface area contributed by atoms with Crippen LogP contribution in [0.4, 0.5) is 5.69 Å². The van der Waals surface area contributed by atoms with E-state index in [4.69, 9.17) is 11.6 Å². The highest BCUT2D eigenvalue weighted by Gasteiger charge is 2.36. The molecule has 4 rings (SSSR count). The number of rotatable bonds is 2. The predicted octanol–water partition coefficient (Wildman–Crippen LogP) is 2.33. The van der Waals surface area contributed by atoms with E-state index >= 15 is 0 Å². The summed E-state index contributed by atoms with van der Waals surface area (Å²) in [6.45, 7) is 0.805. The van der Waals surface area contributed by atoms with Crippen molar-refractivity contribution in [1.29, 1.82) is 0 Å². The molecular weight excluding hydrogens is 238 g/mol. The molecule has 1 aromatic carbocycles. The van der Waals surface area contributed by atoms with Crippen molar-refractivity contribution in [1.82, 2.24) is 0 Å². The highest BCUT2D eigenvalue weighted by atomic mass is 35.5. The normalized spacial score (nSPS) is 21.6. The van der Waals surface area contributed by atoms with Crippen LogP contribution in [0.2, 0.25) is 0 Å². The summed E-state index contributed by atoms with van der Waals surface area (Å²) < 4.78 is 0. The Morgan fingerprint density at radius 3 is 3.00 bits per heavy atom. The number of hydrogen-bond acceptors (Lipinski definition) is 2. The van der Waals surface area contributed by atoms with Crippen molar-refractivity contribution in [2.75, 3.05) is 17.3 Å². The molecule has 17 heavy (non-hydrogen) atoms. The molecule has 0 spiro atoms. The van der Waals surface area contributed by atoms with Crippen LogP contribution in [0, 0.1) is 0 Å². The van der Waals surface area contributed by atoms with Gasteiger partial charge >= 0.3 is 0 Å². The van der Waals surface area contributed by atoms with Gasteiger partial charge in [-0.25, -0.2) is 0 Å². The number of fused-ring (bicyclic) bond motifs is 2. The maximum Gasteiger partial charge on any atom is 0.227 e. The fourth-order valence-corrected chi connectivity index (χ4v) is 2.89. The Hall–Kier alpha value is -1.35. The van der Waals surface area contributed by atoms with Crippen molar-refractivity contribution >= 4 is 29.0 Å². The highest BCUT2D eigenvalue weighted by Crippen LogP contribution is 2.43. The molecule has 1 atom stereocenters. The maximum atomic E-state index is 11.7. The summed E-state index contributed by atoms with van der Waals surface area (Å²) in [4.78, 5) is 25.1. The Morgan fingerprint density at radius 2 is 2.29 bits per heavy atom. The van der Waals surface area contributed by atoms with Crippen molar-refractivity contribution in [3.8, 4) is 0 Å². The van der Waals surface area contributed by atoms with E-state index in [2.05, 4.69) is 0 Å². The van der Waals surface area contributed by atoms with Gasteiger partial charge in [-0.1, -0.05) is 0 Å². The molecule has 0 aliphatic carbocycles. The number of Topliss-reactive ketones (excluding diaryl/α,β-unsaturated/α-hetero) is 1. The average Bonchev–Trinajstić information content (AvgIpc) is 2.38. The molecule has 1 amide bonds. The van der Waals surface area contributed by atoms with Crippen molar-refractivity contribution in [3.05, 3.63) is 29.3 Å². The molecule has 1 aromatic rings. The molecule has 88 valence electrons. The number of benzene rings is 1. The smallest absolute Gasteiger partial charge is 0.227 e. The van der Waals surface area contributed by atoms with E-state index in [1.807, 2.05) is 17.0 Å². The SMILES string of the molecule is O=C(CCl)c1ccc2c(c1)C1CCN2C(=O)C1. The van der Waals surface area contributed by atoms with Gasteiger partial charge in [0.25, 0.3) is 0 Å². The van der Waals surface area contributed by atoms with Gasteiger partial charge in [-0.2, -0.15) is 0 Å². The van der Waals surface area contributed by atoms with Crippen LogP contribution >= 0.6 is 11.6 Å². The Bertz CT molecular complexity index is 512. The quantitative estimate of drug-likeness (QED) is 0.596. The first-order valence-corrected chi connectivity index (χ1v) is 6.27. The second-order valence-corrected chi connectivity index (χ2v) is 4.83. The zero-order chi connectivity index (χ0) is 12.0. The summed E-state index contributed by atoms with van der Waals surface area (Å²) in [6, 6.07) is 5.54. The Morgan fingerprint density at radius 1 is 1.47 bits per heavy atom. The Balaban J connectivity index is 2.08. The average molecular weight is 250 g/mol. The van der Waals surface area contributed by atoms with Gasteiger partial charge in [-0.15, -0.1) is 11.6 Å². The molecule has 3 heterocycles. The zero-order valence-electron chi connectivity index (χ0n) is 9.28. The molecule has 3 aliphatic rings. The number of nitrogens with zero attached hydrogens (tertiary/aromatic N) is 1. The monoisotopic (exact) mass is 249 g/mol. The third kappa shape index (κ3) is 1.57. The van der Waals surface area contributed by atoms with Crippen LogP contribution in [0.25, 0.3) is 0 Å². The number of alkyl halides is 1. The van der Waals surface area contributed by atoms with E-state index in [1.54, 1.807) is 6.07 Å². The first kappa shape index (κ1) is 10.8. The molecule has 1 saturated heterocycles. The minimum absolute atomic E-state index is 0.00605. The first-order valence-electron chi connectivity index (χ1n) is 5.74. The lowest BCUT2D eigenvalue weighted by Crippen LogP contribution is -2.43. The molecule has 0 aromatic heterocycles. The molecule has 1 unspecified atom stereocenters. The van der Waals surface area contributed by atoms with Crippen LogP contribution in [-0.4, -0.2) is 24.1 Å². The minimum atomic E-state index is -0.0581. The van der Waals surface area contributed by atoms with Gasteiger partial charge in [0.1, 0.15) is 0 Å². The molecule has 0 N–H and O–H groups in total. The lowest BCUT2D eigenvalue weighted by molar-refractivity contribution is -0.120. The number of anilines is 1. The molecule has 4 heteroatoms. The largest absolute Gasteiger partial charge is 0.312 e. The number of carbonyl (C=O) groups excluding carboxylic acids is 2. The van der Waals surface area contributed by atoms with Crippen LogP contribution in [-0.2, 0) is 4.79 Å². The summed E-state index contributed by atoms with van der Waals surface area (Å²) in [5.41, 5.74) is 2.76. The summed E-state index contributed by atoms with van der Waals surface area (Å²) in [5.74, 6) is 0.430. The summed E-state index contributed by atoms with van der Waals surface area (Å²) >= 11 is 5.56. The van der Waals surface area contributed by atoms with Crippen LogP contribution in [0.1, 0.15) is 34.7 Å². The molecule has 0 saturated carbocycles. The molecule has 3 nitrogen and oxygen atoms in total. The maximum absolute atomic E-state index is 11.7. The van der Waals surface area contributed by atoms with Crippen LogP contribution in [0.5, 0.6) is 0 Å². The van der Waals surface area contributed by atoms with Crippen LogP contribution in [0.3, 0.4) is 0 Å². The third-order valence-electron chi connectivity index (χ3n) is 3.62. The number of piperidine rings is 1. The predicted molar refractivity (Wildman–Crippen MR) is 65.8 cm³/mol. The number of hydrogen-bond donors (Lipinski definition) is 0. The van der Waals surface area contributed by atoms with Crippen molar-refractivity contribution in [2.24, 2.45) is 0 Å². The molecule has 0 radical (unpaired) electrons. The molecule has 1 fully saturated rings. The second-order valence-electron chi connectivity index (χ2n) is 4.57. The Labute approximate surface area is 104 Å². The fourth-order valence-electron chi connectivity index (χ4n) is 2.73. The minimum Gasteiger partial charge on any atom is -0.312 e. The van der Waals surface area contributed by atoms with E-state index in [-0.39, 0.29) is 23.5 Å². The van der Waals surface area contributed by atoms with E-state index in [0.717, 1.165) is 24.2 Å². The standard InChI is InChI=1S/C13H12ClNO2/c14-7-12(16)9-1-2-11-10(5-9)8-3-4-15(11)13(17)6-8/h1-2,5,8H,3-4,6-7H2. The summed E-state index contributed by atoms with van der Waals surface area (Å²) in [6.07, 6.45) is 1.57. The lowest BCUT2D eigenvalue weighted by Gasteiger charge is -2.40. The number of ketones is 1. The van der Waals surface area contributed by atoms with Gasteiger partial charge in [0, 0.05) is 24.2 Å². The van der Waals surface area contributed by atoms with Crippen molar-refractivity contribution < 1.29 is 9.59 Å². The first-order chi connectivity index (χ1) is 8.20. The van der Waals surface area contributed by atoms with E-state index < -0.39 is 0 Å². The van der Waals surface area contributed by atoms with E-state index in [0.29, 0.717) is 12.0 Å². The number of carbonyl (C=O) groups is 2. The third-order valence-corrected chi connectivity index (χ3v) is 3.87. The zero-order valence-corrected chi connectivity index (χ0v) is 10.0. The van der Waals surface area contributed by atoms with Gasteiger partial charge in [0.2, 0.25) is 5.91 Å². The number of amides is 1. The van der Waals surface area contributed by atoms with Gasteiger partial charge in [0.05, 0.1) is 5.88 Å². The topological polar surface area (TPSA) is 37.4 Å². The van der Waals surface area contributed by atoms with E-state index in [9.17, 15) is 9.59 Å². The van der Waals surface area contributed by atoms with E-state index in [1.165, 1.54) is 0 Å². The van der Waals surface area contributed by atoms with Crippen molar-refractivity contribution in [2.45, 2.75) is 18.8 Å². The van der Waals surface area contributed by atoms with Gasteiger partial charge in [-0.05, 0) is 36.1 Å². The molecule has 3 aliphatic heterocycles. The van der Waals surface area contributed by atoms with Crippen LogP contribution < -0.4 is 4.90 Å². The van der Waals surface area contributed by atoms with Crippen molar-refractivity contribution in [3.63, 3.8) is 0 Å².